The smallest absolute Gasteiger partial charge is 0.191 e. The van der Waals surface area contributed by atoms with Crippen LogP contribution in [0.5, 0.6) is 0 Å². The van der Waals surface area contributed by atoms with Crippen LogP contribution in [0.3, 0.4) is 0 Å². The van der Waals surface area contributed by atoms with Gasteiger partial charge in [-0.25, -0.2) is 4.98 Å². The lowest BCUT2D eigenvalue weighted by molar-refractivity contribution is 0.450. The molecule has 15 heavy (non-hydrogen) atoms. The molecule has 0 aliphatic rings. The summed E-state index contributed by atoms with van der Waals surface area (Å²) in [6, 6.07) is 0.543. The third-order valence-electron chi connectivity index (χ3n) is 2.14. The molecule has 0 amide bonds. The van der Waals surface area contributed by atoms with Gasteiger partial charge >= 0.3 is 0 Å². The zero-order valence-corrected chi connectivity index (χ0v) is 10.1. The molecule has 4 nitrogen and oxygen atoms in total. The fourth-order valence-corrected chi connectivity index (χ4v) is 1.39. The van der Waals surface area contributed by atoms with Gasteiger partial charge in [0.05, 0.1) is 12.2 Å². The maximum absolute atomic E-state index is 5.45. The quantitative estimate of drug-likeness (QED) is 0.698. The zero-order chi connectivity index (χ0) is 11.3. The van der Waals surface area contributed by atoms with E-state index in [9.17, 15) is 0 Å². The minimum absolute atomic E-state index is 0.543. The van der Waals surface area contributed by atoms with Crippen molar-refractivity contribution in [3.63, 3.8) is 0 Å². The van der Waals surface area contributed by atoms with E-state index in [-0.39, 0.29) is 0 Å². The third kappa shape index (κ3) is 4.44. The minimum atomic E-state index is 0.543. The van der Waals surface area contributed by atoms with Crippen molar-refractivity contribution in [3.8, 4) is 0 Å². The van der Waals surface area contributed by atoms with Crippen molar-refractivity contribution in [1.82, 2.24) is 15.6 Å². The Hall–Kier alpha value is -0.870. The van der Waals surface area contributed by atoms with Crippen molar-refractivity contribution >= 4 is 0 Å². The number of rotatable bonds is 6. The summed E-state index contributed by atoms with van der Waals surface area (Å²) >= 11 is 0. The maximum atomic E-state index is 5.45. The zero-order valence-electron chi connectivity index (χ0n) is 10.1. The van der Waals surface area contributed by atoms with Crippen LogP contribution < -0.4 is 10.6 Å². The van der Waals surface area contributed by atoms with E-state index < -0.39 is 0 Å². The lowest BCUT2D eigenvalue weighted by atomic mass is 10.3. The van der Waals surface area contributed by atoms with E-state index in [1.165, 1.54) is 0 Å². The molecular formula is C11H21N3O. The van der Waals surface area contributed by atoms with E-state index in [1.54, 1.807) is 0 Å². The largest absolute Gasteiger partial charge is 0.444 e. The van der Waals surface area contributed by atoms with Gasteiger partial charge in [0.25, 0.3) is 0 Å². The first kappa shape index (κ1) is 12.2. The molecule has 1 rings (SSSR count). The Bertz CT molecular complexity index is 294. The summed E-state index contributed by atoms with van der Waals surface area (Å²) in [4.78, 5) is 4.22. The number of oxazole rings is 1. The molecule has 0 aliphatic carbocycles. The average molecular weight is 211 g/mol. The normalized spacial score (nSPS) is 11.3. The van der Waals surface area contributed by atoms with Crippen LogP contribution in [0.25, 0.3) is 0 Å². The second-order valence-electron chi connectivity index (χ2n) is 4.03. The number of nitrogens with zero attached hydrogens (tertiary/aromatic N) is 1. The lowest BCUT2D eigenvalue weighted by Gasteiger charge is -2.08. The highest BCUT2D eigenvalue weighted by Crippen LogP contribution is 2.08. The molecule has 2 N–H and O–H groups in total. The Morgan fingerprint density at radius 1 is 1.27 bits per heavy atom. The number of aryl methyl sites for hydroxylation is 2. The second kappa shape index (κ2) is 5.88. The summed E-state index contributed by atoms with van der Waals surface area (Å²) in [5.41, 5.74) is 0.983. The number of aromatic nitrogens is 1. The van der Waals surface area contributed by atoms with Crippen LogP contribution in [0.15, 0.2) is 4.42 Å². The topological polar surface area (TPSA) is 50.1 Å². The summed E-state index contributed by atoms with van der Waals surface area (Å²) in [7, 11) is 0. The van der Waals surface area contributed by atoms with Crippen molar-refractivity contribution in [2.45, 2.75) is 40.3 Å². The van der Waals surface area contributed by atoms with Crippen LogP contribution >= 0.6 is 0 Å². The fourth-order valence-electron chi connectivity index (χ4n) is 1.39. The molecule has 0 aliphatic heterocycles. The van der Waals surface area contributed by atoms with Crippen LogP contribution in [0.2, 0.25) is 0 Å². The molecule has 0 atom stereocenters. The SMILES string of the molecule is Cc1nc(C)c(CNCCNC(C)C)o1. The van der Waals surface area contributed by atoms with Gasteiger partial charge < -0.3 is 15.1 Å². The summed E-state index contributed by atoms with van der Waals surface area (Å²) in [6.45, 7) is 10.8. The van der Waals surface area contributed by atoms with Crippen LogP contribution in [0.1, 0.15) is 31.2 Å². The highest BCUT2D eigenvalue weighted by atomic mass is 16.4. The summed E-state index contributed by atoms with van der Waals surface area (Å²) < 4.78 is 5.45. The van der Waals surface area contributed by atoms with Crippen LogP contribution in [-0.2, 0) is 6.54 Å². The maximum Gasteiger partial charge on any atom is 0.191 e. The molecule has 0 aromatic carbocycles. The Kier molecular flexibility index (Phi) is 4.78. The predicted molar refractivity (Wildman–Crippen MR) is 60.8 cm³/mol. The number of hydrogen-bond acceptors (Lipinski definition) is 4. The molecule has 0 unspecified atom stereocenters. The van der Waals surface area contributed by atoms with Crippen molar-refractivity contribution < 1.29 is 4.42 Å². The second-order valence-corrected chi connectivity index (χ2v) is 4.03. The van der Waals surface area contributed by atoms with Gasteiger partial charge in [0, 0.05) is 26.1 Å². The van der Waals surface area contributed by atoms with Crippen LogP contribution in [0, 0.1) is 13.8 Å². The summed E-state index contributed by atoms with van der Waals surface area (Å²) in [5, 5.41) is 6.66. The molecular weight excluding hydrogens is 190 g/mol. The van der Waals surface area contributed by atoms with E-state index in [0.717, 1.165) is 37.0 Å². The molecule has 0 radical (unpaired) electrons. The van der Waals surface area contributed by atoms with Gasteiger partial charge in [-0.15, -0.1) is 0 Å². The minimum Gasteiger partial charge on any atom is -0.444 e. The van der Waals surface area contributed by atoms with Crippen molar-refractivity contribution in [1.29, 1.82) is 0 Å². The number of nitrogens with one attached hydrogen (secondary N) is 2. The van der Waals surface area contributed by atoms with Gasteiger partial charge in [-0.1, -0.05) is 13.8 Å². The van der Waals surface area contributed by atoms with Gasteiger partial charge in [0.2, 0.25) is 0 Å². The molecule has 0 saturated carbocycles. The molecule has 0 saturated heterocycles. The van der Waals surface area contributed by atoms with Gasteiger partial charge in [-0.05, 0) is 6.92 Å². The van der Waals surface area contributed by atoms with E-state index in [0.29, 0.717) is 6.04 Å². The fraction of sp³-hybridized carbons (Fsp3) is 0.727. The van der Waals surface area contributed by atoms with Crippen LogP contribution in [0.4, 0.5) is 0 Å². The van der Waals surface area contributed by atoms with Crippen molar-refractivity contribution in [2.75, 3.05) is 13.1 Å². The van der Waals surface area contributed by atoms with Gasteiger partial charge in [0.15, 0.2) is 5.89 Å². The van der Waals surface area contributed by atoms with E-state index in [4.69, 9.17) is 4.42 Å². The van der Waals surface area contributed by atoms with Crippen molar-refractivity contribution in [3.05, 3.63) is 17.3 Å². The number of hydrogen-bond donors (Lipinski definition) is 2. The van der Waals surface area contributed by atoms with Gasteiger partial charge in [-0.2, -0.15) is 0 Å². The monoisotopic (exact) mass is 211 g/mol. The lowest BCUT2D eigenvalue weighted by Crippen LogP contribution is -2.31. The van der Waals surface area contributed by atoms with E-state index in [1.807, 2.05) is 13.8 Å². The first-order chi connectivity index (χ1) is 7.09. The van der Waals surface area contributed by atoms with E-state index in [2.05, 4.69) is 29.5 Å². The summed E-state index contributed by atoms with van der Waals surface area (Å²) in [6.07, 6.45) is 0. The third-order valence-corrected chi connectivity index (χ3v) is 2.14. The molecule has 1 heterocycles. The Morgan fingerprint density at radius 3 is 2.53 bits per heavy atom. The Balaban J connectivity index is 2.17. The van der Waals surface area contributed by atoms with Crippen LogP contribution in [-0.4, -0.2) is 24.1 Å². The first-order valence-corrected chi connectivity index (χ1v) is 5.46. The predicted octanol–water partition coefficient (Wildman–Crippen LogP) is 1.38. The molecule has 1 aromatic heterocycles. The average Bonchev–Trinajstić information content (AvgIpc) is 2.44. The Labute approximate surface area is 91.5 Å². The van der Waals surface area contributed by atoms with Crippen molar-refractivity contribution in [2.24, 2.45) is 0 Å². The summed E-state index contributed by atoms with van der Waals surface area (Å²) in [5.74, 6) is 1.68. The van der Waals surface area contributed by atoms with Gasteiger partial charge in [0.1, 0.15) is 5.76 Å². The van der Waals surface area contributed by atoms with Gasteiger partial charge in [-0.3, -0.25) is 0 Å². The standard InChI is InChI=1S/C11H21N3O/c1-8(2)13-6-5-12-7-11-9(3)14-10(4)15-11/h8,12-13H,5-7H2,1-4H3. The molecule has 0 spiro atoms. The molecule has 0 fully saturated rings. The molecule has 4 heteroatoms. The molecule has 86 valence electrons. The molecule has 1 aromatic rings. The molecule has 0 bridgehead atoms. The highest BCUT2D eigenvalue weighted by Gasteiger charge is 2.05. The Morgan fingerprint density at radius 2 is 2.00 bits per heavy atom. The van der Waals surface area contributed by atoms with E-state index >= 15 is 0 Å². The highest BCUT2D eigenvalue weighted by molar-refractivity contribution is 5.06. The first-order valence-electron chi connectivity index (χ1n) is 5.46.